The second-order valence-corrected chi connectivity index (χ2v) is 6.16. The molecule has 0 amide bonds. The number of rotatable bonds is 4. The molecule has 0 unspecified atom stereocenters. The average Bonchev–Trinajstić information content (AvgIpc) is 2.47. The minimum Gasteiger partial charge on any atom is -0.269 e. The molecule has 0 aromatic heterocycles. The number of nitrogens with zero attached hydrogens (tertiary/aromatic N) is 2. The Bertz CT molecular complexity index is 778. The molecule has 21 heavy (non-hydrogen) atoms. The van der Waals surface area contributed by atoms with Crippen molar-refractivity contribution in [1.82, 2.24) is 0 Å². The highest BCUT2D eigenvalue weighted by Gasteiger charge is 2.25. The first-order valence-corrected chi connectivity index (χ1v) is 7.27. The van der Waals surface area contributed by atoms with Gasteiger partial charge in [0.1, 0.15) is 0 Å². The minimum absolute atomic E-state index is 0.0464. The SMILES string of the molecule is CN(c1ccc(F)c([N+](=O)O)c1)S(=O)(=O)c1ccccc1. The van der Waals surface area contributed by atoms with Gasteiger partial charge in [-0.1, -0.05) is 18.2 Å². The average molecular weight is 311 g/mol. The molecule has 0 saturated heterocycles. The zero-order valence-corrected chi connectivity index (χ0v) is 11.8. The van der Waals surface area contributed by atoms with Crippen LogP contribution in [-0.2, 0) is 10.0 Å². The summed E-state index contributed by atoms with van der Waals surface area (Å²) in [6, 6.07) is 10.7. The van der Waals surface area contributed by atoms with E-state index >= 15 is 0 Å². The van der Waals surface area contributed by atoms with E-state index in [1.54, 1.807) is 18.2 Å². The van der Waals surface area contributed by atoms with Gasteiger partial charge < -0.3 is 0 Å². The van der Waals surface area contributed by atoms with E-state index in [-0.39, 0.29) is 10.6 Å². The van der Waals surface area contributed by atoms with Crippen molar-refractivity contribution in [3.8, 4) is 0 Å². The zero-order chi connectivity index (χ0) is 15.6. The fraction of sp³-hybridized carbons (Fsp3) is 0.0769. The molecule has 0 spiro atoms. The highest BCUT2D eigenvalue weighted by Crippen LogP contribution is 2.27. The standard InChI is InChI=1S/C13H12FN2O4S/c1-15(21(19,20)11-5-3-2-4-6-11)10-7-8-12(14)13(9-10)16(17)18/h2-9H,1H3,(H,17,18)/q+1. The van der Waals surface area contributed by atoms with Crippen LogP contribution in [0.5, 0.6) is 0 Å². The molecule has 0 atom stereocenters. The molecule has 0 bridgehead atoms. The van der Waals surface area contributed by atoms with Crippen LogP contribution in [0.2, 0.25) is 0 Å². The van der Waals surface area contributed by atoms with Crippen molar-refractivity contribution >= 4 is 21.4 Å². The predicted molar refractivity (Wildman–Crippen MR) is 73.5 cm³/mol. The summed E-state index contributed by atoms with van der Waals surface area (Å²) in [4.78, 5) is 10.2. The third-order valence-corrected chi connectivity index (χ3v) is 4.70. The molecule has 0 aliphatic rings. The summed E-state index contributed by atoms with van der Waals surface area (Å²) < 4.78 is 39.0. The van der Waals surface area contributed by atoms with E-state index in [4.69, 9.17) is 5.21 Å². The third kappa shape index (κ3) is 2.84. The molecule has 8 heteroatoms. The van der Waals surface area contributed by atoms with Crippen LogP contribution in [0, 0.1) is 10.7 Å². The van der Waals surface area contributed by atoms with Crippen LogP contribution in [0.15, 0.2) is 53.4 Å². The summed E-state index contributed by atoms with van der Waals surface area (Å²) in [5.74, 6) is -0.957. The molecule has 0 saturated carbocycles. The molecule has 2 rings (SSSR count). The number of sulfonamides is 1. The van der Waals surface area contributed by atoms with Crippen LogP contribution in [0.1, 0.15) is 0 Å². The van der Waals surface area contributed by atoms with Gasteiger partial charge >= 0.3 is 5.69 Å². The molecule has 0 radical (unpaired) electrons. The number of anilines is 1. The molecule has 6 nitrogen and oxygen atoms in total. The number of hydrogen-bond donors (Lipinski definition) is 1. The second-order valence-electron chi connectivity index (χ2n) is 4.19. The van der Waals surface area contributed by atoms with Crippen molar-refractivity contribution in [3.63, 3.8) is 0 Å². The molecule has 0 fully saturated rings. The highest BCUT2D eigenvalue weighted by molar-refractivity contribution is 7.92. The van der Waals surface area contributed by atoms with Gasteiger partial charge in [0.05, 0.1) is 15.5 Å². The van der Waals surface area contributed by atoms with Gasteiger partial charge in [0.15, 0.2) is 0 Å². The van der Waals surface area contributed by atoms with Crippen molar-refractivity contribution < 1.29 is 22.9 Å². The Hall–Kier alpha value is -2.48. The quantitative estimate of drug-likeness (QED) is 0.880. The smallest absolute Gasteiger partial charge is 0.269 e. The number of hydrogen-bond acceptors (Lipinski definition) is 3. The second kappa shape index (κ2) is 5.49. The van der Waals surface area contributed by atoms with E-state index in [1.807, 2.05) is 0 Å². The van der Waals surface area contributed by atoms with Crippen molar-refractivity contribution in [1.29, 1.82) is 0 Å². The largest absolute Gasteiger partial charge is 0.353 e. The fourth-order valence-corrected chi connectivity index (χ4v) is 2.94. The Balaban J connectivity index is 2.48. The lowest BCUT2D eigenvalue weighted by atomic mass is 10.2. The number of halogens is 1. The summed E-state index contributed by atoms with van der Waals surface area (Å²) in [6.45, 7) is 0. The van der Waals surface area contributed by atoms with Gasteiger partial charge in [0, 0.05) is 13.1 Å². The lowest BCUT2D eigenvalue weighted by Crippen LogP contribution is -2.26. The fourth-order valence-electron chi connectivity index (χ4n) is 1.73. The van der Waals surface area contributed by atoms with Crippen LogP contribution in [0.3, 0.4) is 0 Å². The Labute approximate surface area is 120 Å². The Kier molecular flexibility index (Phi) is 3.90. The van der Waals surface area contributed by atoms with Gasteiger partial charge in [0.2, 0.25) is 5.82 Å². The molecule has 0 aliphatic carbocycles. The molecular weight excluding hydrogens is 299 g/mol. The summed E-state index contributed by atoms with van der Waals surface area (Å²) in [5, 5.41) is 8.80. The number of benzene rings is 2. The Morgan fingerprint density at radius 2 is 1.76 bits per heavy atom. The van der Waals surface area contributed by atoms with E-state index < -0.39 is 26.5 Å². The normalized spacial score (nSPS) is 11.1. The van der Waals surface area contributed by atoms with Crippen LogP contribution < -0.4 is 4.31 Å². The summed E-state index contributed by atoms with van der Waals surface area (Å²) in [7, 11) is -2.57. The van der Waals surface area contributed by atoms with Crippen molar-refractivity contribution in [3.05, 3.63) is 59.3 Å². The first-order chi connectivity index (χ1) is 9.84. The highest BCUT2D eigenvalue weighted by atomic mass is 32.2. The Morgan fingerprint density at radius 1 is 1.14 bits per heavy atom. The zero-order valence-electron chi connectivity index (χ0n) is 11.0. The first-order valence-electron chi connectivity index (χ1n) is 5.83. The van der Waals surface area contributed by atoms with Gasteiger partial charge in [0.25, 0.3) is 14.9 Å². The van der Waals surface area contributed by atoms with Gasteiger partial charge in [-0.05, 0) is 24.3 Å². The molecule has 2 aromatic carbocycles. The van der Waals surface area contributed by atoms with Gasteiger partial charge in [-0.3, -0.25) is 4.31 Å². The van der Waals surface area contributed by atoms with E-state index in [0.29, 0.717) is 0 Å². The maximum Gasteiger partial charge on any atom is 0.353 e. The summed E-state index contributed by atoms with van der Waals surface area (Å²) in [6.07, 6.45) is 0. The predicted octanol–water partition coefficient (Wildman–Crippen LogP) is 2.45. The maximum atomic E-state index is 13.3. The molecular formula is C13H12FN2O4S+. The molecule has 0 heterocycles. The molecule has 110 valence electrons. The third-order valence-electron chi connectivity index (χ3n) is 2.90. The molecule has 1 N–H and O–H groups in total. The van der Waals surface area contributed by atoms with E-state index in [2.05, 4.69) is 0 Å². The van der Waals surface area contributed by atoms with Crippen LogP contribution >= 0.6 is 0 Å². The van der Waals surface area contributed by atoms with Gasteiger partial charge in [-0.2, -0.15) is 4.39 Å². The van der Waals surface area contributed by atoms with Crippen molar-refractivity contribution in [2.24, 2.45) is 0 Å². The lowest BCUT2D eigenvalue weighted by Gasteiger charge is -2.19. The topological polar surface area (TPSA) is 77.7 Å². The maximum absolute atomic E-state index is 13.3. The van der Waals surface area contributed by atoms with Gasteiger partial charge in [-0.25, -0.2) is 13.6 Å². The van der Waals surface area contributed by atoms with Crippen molar-refractivity contribution in [2.45, 2.75) is 4.90 Å². The van der Waals surface area contributed by atoms with E-state index in [1.165, 1.54) is 25.2 Å². The minimum atomic E-state index is -3.84. The first kappa shape index (κ1) is 14.9. The van der Waals surface area contributed by atoms with Gasteiger partial charge in [-0.15, -0.1) is 0 Å². The lowest BCUT2D eigenvalue weighted by molar-refractivity contribution is -0.730. The summed E-state index contributed by atoms with van der Waals surface area (Å²) in [5.41, 5.74) is -0.618. The van der Waals surface area contributed by atoms with E-state index in [0.717, 1.165) is 16.4 Å². The van der Waals surface area contributed by atoms with Crippen LogP contribution in [0.25, 0.3) is 0 Å². The van der Waals surface area contributed by atoms with Crippen LogP contribution in [0.4, 0.5) is 15.8 Å². The monoisotopic (exact) mass is 311 g/mol. The molecule has 2 aromatic rings. The van der Waals surface area contributed by atoms with Crippen LogP contribution in [-0.4, -0.2) is 25.6 Å². The van der Waals surface area contributed by atoms with Crippen molar-refractivity contribution in [2.75, 3.05) is 11.4 Å². The molecule has 0 aliphatic heterocycles. The Morgan fingerprint density at radius 3 is 2.33 bits per heavy atom. The summed E-state index contributed by atoms with van der Waals surface area (Å²) >= 11 is 0. The van der Waals surface area contributed by atoms with E-state index in [9.17, 15) is 17.7 Å².